The maximum Gasteiger partial charge on any atom is 0.253 e. The maximum absolute atomic E-state index is 12.5. The zero-order chi connectivity index (χ0) is 31.7. The molecular formula is C30H41N7O8. The van der Waals surface area contributed by atoms with E-state index < -0.39 is 0 Å². The van der Waals surface area contributed by atoms with E-state index in [1.807, 2.05) is 29.2 Å². The predicted octanol–water partition coefficient (Wildman–Crippen LogP) is 0.147. The van der Waals surface area contributed by atoms with E-state index in [1.54, 1.807) is 6.92 Å². The monoisotopic (exact) mass is 627 g/mol. The Morgan fingerprint density at radius 3 is 1.80 bits per heavy atom. The summed E-state index contributed by atoms with van der Waals surface area (Å²) in [4.78, 5) is 41.0. The van der Waals surface area contributed by atoms with Crippen molar-refractivity contribution in [1.29, 1.82) is 0 Å². The van der Waals surface area contributed by atoms with Gasteiger partial charge in [-0.05, 0) is 31.2 Å². The molecule has 0 aliphatic carbocycles. The molecule has 3 amide bonds. The molecule has 0 bridgehead atoms. The summed E-state index contributed by atoms with van der Waals surface area (Å²) in [6.45, 7) is 9.23. The van der Waals surface area contributed by atoms with Crippen LogP contribution in [-0.4, -0.2) is 152 Å². The highest BCUT2D eigenvalue weighted by molar-refractivity contribution is 6.12. The van der Waals surface area contributed by atoms with Gasteiger partial charge in [0.25, 0.3) is 11.8 Å². The van der Waals surface area contributed by atoms with Gasteiger partial charge in [-0.25, -0.2) is 0 Å². The number of hydrogen-bond acceptors (Lipinski definition) is 13. The lowest BCUT2D eigenvalue weighted by Crippen LogP contribution is -2.50. The van der Waals surface area contributed by atoms with Crippen molar-refractivity contribution < 1.29 is 38.1 Å². The second-order valence-electron chi connectivity index (χ2n) is 10.2. The Bertz CT molecular complexity index is 1220. The van der Waals surface area contributed by atoms with Gasteiger partial charge in [-0.15, -0.1) is 20.4 Å². The van der Waals surface area contributed by atoms with Crippen molar-refractivity contribution in [1.82, 2.24) is 35.1 Å². The SMILES string of the molecule is Cc1nnc(-c2ccc(OCCOCCOCCOCCOCCC(=O)N3CCN(CCN4C(=O)C=CC4=O)CC3)cc2)nn1. The first-order chi connectivity index (χ1) is 22.0. The van der Waals surface area contributed by atoms with Crippen molar-refractivity contribution in [2.24, 2.45) is 0 Å². The van der Waals surface area contributed by atoms with E-state index in [-0.39, 0.29) is 17.7 Å². The number of imide groups is 1. The summed E-state index contributed by atoms with van der Waals surface area (Å²) in [7, 11) is 0. The lowest BCUT2D eigenvalue weighted by molar-refractivity contribution is -0.137. The van der Waals surface area contributed by atoms with E-state index in [4.69, 9.17) is 23.7 Å². The average Bonchev–Trinajstić information content (AvgIpc) is 3.38. The van der Waals surface area contributed by atoms with Crippen molar-refractivity contribution in [3.63, 3.8) is 0 Å². The second kappa shape index (κ2) is 18.8. The fourth-order valence-corrected chi connectivity index (χ4v) is 4.51. The zero-order valence-electron chi connectivity index (χ0n) is 25.7. The number of benzene rings is 1. The Kier molecular flexibility index (Phi) is 14.2. The number of ether oxygens (including phenoxy) is 5. The molecule has 15 heteroatoms. The van der Waals surface area contributed by atoms with E-state index >= 15 is 0 Å². The number of aromatic nitrogens is 4. The van der Waals surface area contributed by atoms with E-state index in [0.717, 1.165) is 11.3 Å². The van der Waals surface area contributed by atoms with Gasteiger partial charge < -0.3 is 28.6 Å². The van der Waals surface area contributed by atoms with E-state index in [0.29, 0.717) is 117 Å². The molecule has 0 atom stereocenters. The van der Waals surface area contributed by atoms with Gasteiger partial charge in [0.1, 0.15) is 12.4 Å². The van der Waals surface area contributed by atoms with Crippen LogP contribution in [0.25, 0.3) is 11.4 Å². The van der Waals surface area contributed by atoms with Gasteiger partial charge in [0.15, 0.2) is 5.82 Å². The van der Waals surface area contributed by atoms with Crippen LogP contribution in [0.5, 0.6) is 5.75 Å². The molecule has 2 aromatic rings. The highest BCUT2D eigenvalue weighted by Crippen LogP contribution is 2.18. The van der Waals surface area contributed by atoms with Gasteiger partial charge in [-0.3, -0.25) is 24.2 Å². The summed E-state index contributed by atoms with van der Waals surface area (Å²) in [5.41, 5.74) is 0.812. The van der Waals surface area contributed by atoms with Gasteiger partial charge in [-0.2, -0.15) is 0 Å². The zero-order valence-corrected chi connectivity index (χ0v) is 25.7. The van der Waals surface area contributed by atoms with Crippen molar-refractivity contribution >= 4 is 17.7 Å². The molecule has 2 aliphatic heterocycles. The molecule has 1 aromatic carbocycles. The normalized spacial score (nSPS) is 15.3. The number of hydrogen-bond donors (Lipinski definition) is 0. The summed E-state index contributed by atoms with van der Waals surface area (Å²) in [5, 5.41) is 15.9. The Hall–Kier alpha value is -3.89. The van der Waals surface area contributed by atoms with Crippen LogP contribution in [0.1, 0.15) is 12.2 Å². The van der Waals surface area contributed by atoms with Gasteiger partial charge in [0.2, 0.25) is 11.7 Å². The van der Waals surface area contributed by atoms with Gasteiger partial charge >= 0.3 is 0 Å². The third-order valence-corrected chi connectivity index (χ3v) is 7.03. The Labute approximate surface area is 262 Å². The number of piperazine rings is 1. The molecule has 0 saturated carbocycles. The highest BCUT2D eigenvalue weighted by Gasteiger charge is 2.25. The number of rotatable bonds is 20. The van der Waals surface area contributed by atoms with Crippen molar-refractivity contribution in [2.75, 3.05) is 98.7 Å². The Balaban J connectivity index is 0.892. The molecule has 1 fully saturated rings. The van der Waals surface area contributed by atoms with E-state index in [2.05, 4.69) is 25.3 Å². The quantitative estimate of drug-likeness (QED) is 0.144. The third kappa shape index (κ3) is 11.9. The molecule has 0 N–H and O–H groups in total. The molecule has 45 heavy (non-hydrogen) atoms. The Morgan fingerprint density at radius 2 is 1.22 bits per heavy atom. The van der Waals surface area contributed by atoms with Crippen LogP contribution in [-0.2, 0) is 33.3 Å². The first-order valence-electron chi connectivity index (χ1n) is 15.1. The largest absolute Gasteiger partial charge is 0.491 e. The molecule has 0 unspecified atom stereocenters. The summed E-state index contributed by atoms with van der Waals surface area (Å²) < 4.78 is 27.7. The fraction of sp³-hybridized carbons (Fsp3) is 0.567. The summed E-state index contributed by atoms with van der Waals surface area (Å²) in [6, 6.07) is 7.38. The first kappa shape index (κ1) is 34.0. The summed E-state index contributed by atoms with van der Waals surface area (Å²) in [5.74, 6) is 1.24. The second-order valence-corrected chi connectivity index (χ2v) is 10.2. The average molecular weight is 628 g/mol. The smallest absolute Gasteiger partial charge is 0.253 e. The summed E-state index contributed by atoms with van der Waals surface area (Å²) in [6.07, 6.45) is 2.91. The minimum absolute atomic E-state index is 0.0610. The third-order valence-electron chi connectivity index (χ3n) is 7.03. The van der Waals surface area contributed by atoms with Crippen molar-refractivity contribution in [2.45, 2.75) is 13.3 Å². The Morgan fingerprint density at radius 1 is 0.689 bits per heavy atom. The summed E-state index contributed by atoms with van der Waals surface area (Å²) >= 11 is 0. The van der Waals surface area contributed by atoms with Crippen LogP contribution in [0.2, 0.25) is 0 Å². The van der Waals surface area contributed by atoms with E-state index in [9.17, 15) is 14.4 Å². The van der Waals surface area contributed by atoms with Gasteiger partial charge in [0.05, 0.1) is 59.3 Å². The number of aryl methyl sites for hydroxylation is 1. The molecule has 15 nitrogen and oxygen atoms in total. The minimum Gasteiger partial charge on any atom is -0.491 e. The van der Waals surface area contributed by atoms with Crippen LogP contribution in [0.3, 0.4) is 0 Å². The molecule has 3 heterocycles. The van der Waals surface area contributed by atoms with Gasteiger partial charge in [0, 0.05) is 57.0 Å². The number of carbonyl (C=O) groups excluding carboxylic acids is 3. The molecule has 244 valence electrons. The molecule has 0 spiro atoms. The van der Waals surface area contributed by atoms with Gasteiger partial charge in [-0.1, -0.05) is 0 Å². The maximum atomic E-state index is 12.5. The number of carbonyl (C=O) groups is 3. The van der Waals surface area contributed by atoms with Crippen LogP contribution in [0.15, 0.2) is 36.4 Å². The highest BCUT2D eigenvalue weighted by atomic mass is 16.6. The van der Waals surface area contributed by atoms with Crippen LogP contribution >= 0.6 is 0 Å². The standard InChI is InChI=1S/C30H41N7O8/c1-24-31-33-30(34-32-24)25-2-4-26(5-3-25)45-23-22-44-21-20-43-19-18-42-17-16-41-15-8-27(38)36-12-9-35(10-13-36)11-14-37-28(39)6-7-29(37)40/h2-7H,8-23H2,1H3. The lowest BCUT2D eigenvalue weighted by atomic mass is 10.2. The molecule has 2 aliphatic rings. The van der Waals surface area contributed by atoms with Crippen LogP contribution < -0.4 is 4.74 Å². The number of amides is 3. The fourth-order valence-electron chi connectivity index (χ4n) is 4.51. The topological polar surface area (TPSA) is 159 Å². The number of nitrogens with zero attached hydrogens (tertiary/aromatic N) is 7. The molecular weight excluding hydrogens is 586 g/mol. The van der Waals surface area contributed by atoms with Crippen molar-refractivity contribution in [3.05, 3.63) is 42.2 Å². The molecule has 4 rings (SSSR count). The van der Waals surface area contributed by atoms with E-state index in [1.165, 1.54) is 17.1 Å². The minimum atomic E-state index is -0.265. The molecule has 0 radical (unpaired) electrons. The predicted molar refractivity (Wildman–Crippen MR) is 160 cm³/mol. The molecule has 1 aromatic heterocycles. The molecule has 1 saturated heterocycles. The first-order valence-corrected chi connectivity index (χ1v) is 15.1. The van der Waals surface area contributed by atoms with Crippen LogP contribution in [0.4, 0.5) is 0 Å². The van der Waals surface area contributed by atoms with Crippen molar-refractivity contribution in [3.8, 4) is 17.1 Å². The lowest BCUT2D eigenvalue weighted by Gasteiger charge is -2.35. The van der Waals surface area contributed by atoms with Crippen LogP contribution in [0, 0.1) is 6.92 Å².